The number of anilines is 1. The van der Waals surface area contributed by atoms with E-state index in [2.05, 4.69) is 41.2 Å². The molecule has 0 spiro atoms. The van der Waals surface area contributed by atoms with Gasteiger partial charge in [0.15, 0.2) is 0 Å². The highest BCUT2D eigenvalue weighted by Crippen LogP contribution is 2.36. The summed E-state index contributed by atoms with van der Waals surface area (Å²) in [4.78, 5) is 0. The van der Waals surface area contributed by atoms with Gasteiger partial charge < -0.3 is 5.43 Å². The van der Waals surface area contributed by atoms with Gasteiger partial charge in [0, 0.05) is 5.56 Å². The summed E-state index contributed by atoms with van der Waals surface area (Å²) in [6, 6.07) is 6.85. The first-order chi connectivity index (χ1) is 5.95. The third-order valence-corrected chi connectivity index (χ3v) is 2.54. The molecule has 0 saturated carbocycles. The quantitative estimate of drug-likeness (QED) is 0.604. The van der Waals surface area contributed by atoms with Crippen LogP contribution in [0.1, 0.15) is 23.6 Å². The average molecular weight is 158 g/mol. The molecule has 3 rings (SSSR count). The molecule has 0 aromatic heterocycles. The van der Waals surface area contributed by atoms with E-state index in [1.165, 1.54) is 16.8 Å². The number of benzene rings is 1. The zero-order chi connectivity index (χ0) is 7.97. The van der Waals surface area contributed by atoms with Crippen LogP contribution in [0, 0.1) is 0 Å². The molecule has 2 heteroatoms. The van der Waals surface area contributed by atoms with Gasteiger partial charge in [-0.25, -0.2) is 5.43 Å². The van der Waals surface area contributed by atoms with Gasteiger partial charge in [0.05, 0.1) is 11.7 Å². The summed E-state index contributed by atoms with van der Waals surface area (Å²) in [5.41, 5.74) is 10.5. The van der Waals surface area contributed by atoms with Crippen molar-refractivity contribution >= 4 is 11.8 Å². The van der Waals surface area contributed by atoms with Crippen LogP contribution in [-0.2, 0) is 0 Å². The van der Waals surface area contributed by atoms with E-state index in [1.807, 2.05) is 0 Å². The van der Waals surface area contributed by atoms with E-state index in [0.717, 1.165) is 6.42 Å². The molecular weight excluding hydrogens is 148 g/mol. The molecule has 1 aliphatic heterocycles. The summed E-state index contributed by atoms with van der Waals surface area (Å²) in [5.74, 6) is 0. The van der Waals surface area contributed by atoms with Gasteiger partial charge in [-0.05, 0) is 18.1 Å². The SMILES string of the molecule is C1=Cc2cccc3c2C(C1)NN3. The molecule has 0 amide bonds. The van der Waals surface area contributed by atoms with Gasteiger partial charge in [-0.3, -0.25) is 0 Å². The molecule has 1 aromatic rings. The van der Waals surface area contributed by atoms with Crippen LogP contribution >= 0.6 is 0 Å². The molecule has 2 aliphatic rings. The normalized spacial score (nSPS) is 23.5. The molecule has 0 bridgehead atoms. The van der Waals surface area contributed by atoms with E-state index >= 15 is 0 Å². The average Bonchev–Trinajstić information content (AvgIpc) is 2.52. The van der Waals surface area contributed by atoms with Gasteiger partial charge in [0.25, 0.3) is 0 Å². The van der Waals surface area contributed by atoms with Crippen LogP contribution in [0.5, 0.6) is 0 Å². The highest BCUT2D eigenvalue weighted by Gasteiger charge is 2.24. The minimum atomic E-state index is 0.487. The van der Waals surface area contributed by atoms with Crippen LogP contribution in [0.2, 0.25) is 0 Å². The number of nitrogens with one attached hydrogen (secondary N) is 2. The van der Waals surface area contributed by atoms with E-state index in [-0.39, 0.29) is 0 Å². The Labute approximate surface area is 71.3 Å². The van der Waals surface area contributed by atoms with Gasteiger partial charge in [0.2, 0.25) is 0 Å². The molecule has 2 nitrogen and oxygen atoms in total. The predicted octanol–water partition coefficient (Wildman–Crippen LogP) is 2.07. The predicted molar refractivity (Wildman–Crippen MR) is 49.6 cm³/mol. The van der Waals surface area contributed by atoms with Crippen LogP contribution < -0.4 is 10.9 Å². The van der Waals surface area contributed by atoms with Crippen molar-refractivity contribution in [2.24, 2.45) is 0 Å². The lowest BCUT2D eigenvalue weighted by molar-refractivity contribution is 0.630. The topological polar surface area (TPSA) is 24.1 Å². The molecule has 1 atom stereocenters. The van der Waals surface area contributed by atoms with E-state index in [4.69, 9.17) is 0 Å². The Morgan fingerprint density at radius 3 is 3.33 bits per heavy atom. The van der Waals surface area contributed by atoms with Crippen molar-refractivity contribution in [2.75, 3.05) is 5.43 Å². The third kappa shape index (κ3) is 0.676. The van der Waals surface area contributed by atoms with Crippen molar-refractivity contribution in [3.63, 3.8) is 0 Å². The number of hydrogen-bond donors (Lipinski definition) is 2. The lowest BCUT2D eigenvalue weighted by atomic mass is 9.93. The summed E-state index contributed by atoms with van der Waals surface area (Å²) >= 11 is 0. The Morgan fingerprint density at radius 1 is 1.33 bits per heavy atom. The lowest BCUT2D eigenvalue weighted by Crippen LogP contribution is -2.18. The maximum Gasteiger partial charge on any atom is 0.0571 e. The summed E-state index contributed by atoms with van der Waals surface area (Å²) in [6.07, 6.45) is 5.51. The van der Waals surface area contributed by atoms with Crippen molar-refractivity contribution in [1.29, 1.82) is 0 Å². The molecule has 1 heterocycles. The lowest BCUT2D eigenvalue weighted by Gasteiger charge is -2.14. The maximum atomic E-state index is 3.26. The minimum absolute atomic E-state index is 0.487. The van der Waals surface area contributed by atoms with Crippen LogP contribution in [-0.4, -0.2) is 0 Å². The molecular formula is C10H10N2. The first kappa shape index (κ1) is 6.26. The number of rotatable bonds is 0. The highest BCUT2D eigenvalue weighted by atomic mass is 15.4. The van der Waals surface area contributed by atoms with Gasteiger partial charge in [-0.2, -0.15) is 0 Å². The Balaban J connectivity index is 2.30. The molecule has 60 valence electrons. The van der Waals surface area contributed by atoms with Crippen molar-refractivity contribution in [3.05, 3.63) is 35.4 Å². The molecule has 1 aliphatic carbocycles. The van der Waals surface area contributed by atoms with Crippen molar-refractivity contribution in [3.8, 4) is 0 Å². The Morgan fingerprint density at radius 2 is 2.33 bits per heavy atom. The van der Waals surface area contributed by atoms with Crippen molar-refractivity contribution in [1.82, 2.24) is 5.43 Å². The van der Waals surface area contributed by atoms with E-state index in [9.17, 15) is 0 Å². The molecule has 2 N–H and O–H groups in total. The van der Waals surface area contributed by atoms with Crippen molar-refractivity contribution in [2.45, 2.75) is 12.5 Å². The fourth-order valence-corrected chi connectivity index (χ4v) is 1.97. The van der Waals surface area contributed by atoms with E-state index in [1.54, 1.807) is 0 Å². The summed E-state index contributed by atoms with van der Waals surface area (Å²) in [7, 11) is 0. The monoisotopic (exact) mass is 158 g/mol. The zero-order valence-corrected chi connectivity index (χ0v) is 6.67. The first-order valence-corrected chi connectivity index (χ1v) is 4.26. The van der Waals surface area contributed by atoms with Crippen LogP contribution in [0.15, 0.2) is 24.3 Å². The molecule has 0 radical (unpaired) electrons. The van der Waals surface area contributed by atoms with E-state index in [0.29, 0.717) is 6.04 Å². The fourth-order valence-electron chi connectivity index (χ4n) is 1.97. The van der Waals surface area contributed by atoms with Crippen LogP contribution in [0.25, 0.3) is 6.08 Å². The minimum Gasteiger partial charge on any atom is -0.321 e. The van der Waals surface area contributed by atoms with E-state index < -0.39 is 0 Å². The first-order valence-electron chi connectivity index (χ1n) is 4.26. The van der Waals surface area contributed by atoms with Gasteiger partial charge in [-0.1, -0.05) is 24.3 Å². The van der Waals surface area contributed by atoms with Gasteiger partial charge in [-0.15, -0.1) is 0 Å². The second kappa shape index (κ2) is 2.11. The smallest absolute Gasteiger partial charge is 0.0571 e. The molecule has 1 aromatic carbocycles. The fraction of sp³-hybridized carbons (Fsp3) is 0.200. The largest absolute Gasteiger partial charge is 0.321 e. The maximum absolute atomic E-state index is 3.26. The summed E-state index contributed by atoms with van der Waals surface area (Å²) < 4.78 is 0. The summed E-state index contributed by atoms with van der Waals surface area (Å²) in [6.45, 7) is 0. The zero-order valence-electron chi connectivity index (χ0n) is 6.67. The number of hydrazine groups is 1. The number of hydrogen-bond acceptors (Lipinski definition) is 2. The standard InChI is InChI=1S/C10H10N2/c1-3-7-4-2-6-9-10(7)8(5-1)11-12-9/h1-5,9,11-12H,6H2. The van der Waals surface area contributed by atoms with Gasteiger partial charge >= 0.3 is 0 Å². The molecule has 12 heavy (non-hydrogen) atoms. The van der Waals surface area contributed by atoms with Gasteiger partial charge in [0.1, 0.15) is 0 Å². The molecule has 0 fully saturated rings. The van der Waals surface area contributed by atoms with Crippen LogP contribution in [0.4, 0.5) is 5.69 Å². The Kier molecular flexibility index (Phi) is 1.10. The second-order valence-electron chi connectivity index (χ2n) is 3.27. The molecule has 1 unspecified atom stereocenters. The Hall–Kier alpha value is -1.28. The summed E-state index contributed by atoms with van der Waals surface area (Å²) in [5, 5.41) is 0. The molecule has 0 saturated heterocycles. The highest BCUT2D eigenvalue weighted by molar-refractivity contribution is 5.69. The second-order valence-corrected chi connectivity index (χ2v) is 3.27. The van der Waals surface area contributed by atoms with Crippen molar-refractivity contribution < 1.29 is 0 Å². The third-order valence-electron chi connectivity index (χ3n) is 2.54. The van der Waals surface area contributed by atoms with Crippen LogP contribution in [0.3, 0.4) is 0 Å². The Bertz CT molecular complexity index is 355.